The van der Waals surface area contributed by atoms with Gasteiger partial charge in [-0.1, -0.05) is 41.4 Å². The fourth-order valence-corrected chi connectivity index (χ4v) is 2.78. The summed E-state index contributed by atoms with van der Waals surface area (Å²) < 4.78 is 27.5. The van der Waals surface area contributed by atoms with Crippen LogP contribution in [-0.2, 0) is 0 Å². The van der Waals surface area contributed by atoms with Crippen molar-refractivity contribution in [1.29, 1.82) is 0 Å². The van der Waals surface area contributed by atoms with E-state index in [2.05, 4.69) is 0 Å². The largest absolute Gasteiger partial charge is 0.388 e. The van der Waals surface area contributed by atoms with Crippen molar-refractivity contribution in [2.24, 2.45) is 5.73 Å². The van der Waals surface area contributed by atoms with Gasteiger partial charge in [0.2, 0.25) is 0 Å². The second-order valence-electron chi connectivity index (χ2n) is 4.57. The molecule has 2 rings (SSSR count). The lowest BCUT2D eigenvalue weighted by atomic mass is 9.88. The molecule has 112 valence electrons. The fraction of sp³-hybridized carbons (Fsp3) is 0.200. The SMILES string of the molecule is NCC(c1c(F)cccc1Cl)C(O)c1cccc(F)c1Cl. The molecule has 2 aromatic rings. The van der Waals surface area contributed by atoms with Gasteiger partial charge in [0.15, 0.2) is 0 Å². The number of rotatable bonds is 4. The molecule has 2 nitrogen and oxygen atoms in total. The zero-order valence-corrected chi connectivity index (χ0v) is 12.4. The summed E-state index contributed by atoms with van der Waals surface area (Å²) in [5.74, 6) is -2.08. The highest BCUT2D eigenvalue weighted by atomic mass is 35.5. The monoisotopic (exact) mass is 331 g/mol. The summed E-state index contributed by atoms with van der Waals surface area (Å²) in [6.07, 6.45) is -1.27. The van der Waals surface area contributed by atoms with Gasteiger partial charge < -0.3 is 10.8 Å². The van der Waals surface area contributed by atoms with E-state index >= 15 is 0 Å². The average Bonchev–Trinajstić information content (AvgIpc) is 2.45. The predicted octanol–water partition coefficient (Wildman–Crippen LogP) is 4.05. The summed E-state index contributed by atoms with van der Waals surface area (Å²) in [5, 5.41) is 10.4. The van der Waals surface area contributed by atoms with Gasteiger partial charge in [-0.25, -0.2) is 8.78 Å². The second-order valence-corrected chi connectivity index (χ2v) is 5.35. The molecule has 3 N–H and O–H groups in total. The third-order valence-corrected chi connectivity index (χ3v) is 4.03. The number of aliphatic hydroxyl groups is 1. The first kappa shape index (κ1) is 16.2. The van der Waals surface area contributed by atoms with Crippen LogP contribution in [0.4, 0.5) is 8.78 Å². The Hall–Kier alpha value is -1.20. The van der Waals surface area contributed by atoms with Crippen LogP contribution in [0.2, 0.25) is 10.0 Å². The zero-order valence-electron chi connectivity index (χ0n) is 10.9. The van der Waals surface area contributed by atoms with Crippen molar-refractivity contribution in [3.8, 4) is 0 Å². The standard InChI is InChI=1S/C15H13Cl2F2NO/c16-10-4-2-5-11(18)13(10)9(7-20)15(21)8-3-1-6-12(19)14(8)17/h1-6,9,15,21H,7,20H2. The highest BCUT2D eigenvalue weighted by molar-refractivity contribution is 6.32. The van der Waals surface area contributed by atoms with E-state index in [4.69, 9.17) is 28.9 Å². The van der Waals surface area contributed by atoms with Gasteiger partial charge in [-0.15, -0.1) is 0 Å². The molecular weight excluding hydrogens is 319 g/mol. The second kappa shape index (κ2) is 6.71. The van der Waals surface area contributed by atoms with E-state index in [0.29, 0.717) is 0 Å². The fourth-order valence-electron chi connectivity index (χ4n) is 2.24. The Balaban J connectivity index is 2.48. The van der Waals surface area contributed by atoms with Crippen molar-refractivity contribution in [3.05, 3.63) is 69.2 Å². The lowest BCUT2D eigenvalue weighted by Gasteiger charge is -2.24. The molecule has 0 bridgehead atoms. The van der Waals surface area contributed by atoms with Crippen molar-refractivity contribution in [1.82, 2.24) is 0 Å². The summed E-state index contributed by atoms with van der Waals surface area (Å²) >= 11 is 11.8. The molecule has 2 atom stereocenters. The van der Waals surface area contributed by atoms with Gasteiger partial charge in [0.1, 0.15) is 11.6 Å². The smallest absolute Gasteiger partial charge is 0.142 e. The van der Waals surface area contributed by atoms with E-state index in [9.17, 15) is 13.9 Å². The van der Waals surface area contributed by atoms with Crippen LogP contribution in [0.15, 0.2) is 36.4 Å². The van der Waals surface area contributed by atoms with E-state index in [-0.39, 0.29) is 27.7 Å². The Morgan fingerprint density at radius 1 is 1.05 bits per heavy atom. The molecule has 0 aliphatic rings. The van der Waals surface area contributed by atoms with Crippen LogP contribution in [0.1, 0.15) is 23.1 Å². The summed E-state index contributed by atoms with van der Waals surface area (Å²) in [6.45, 7) is -0.0747. The third kappa shape index (κ3) is 3.19. The van der Waals surface area contributed by atoms with Crippen molar-refractivity contribution < 1.29 is 13.9 Å². The highest BCUT2D eigenvalue weighted by Gasteiger charge is 2.28. The quantitative estimate of drug-likeness (QED) is 0.887. The van der Waals surface area contributed by atoms with Crippen LogP contribution in [0.25, 0.3) is 0 Å². The Labute approximate surface area is 131 Å². The van der Waals surface area contributed by atoms with Crippen molar-refractivity contribution in [2.75, 3.05) is 6.54 Å². The summed E-state index contributed by atoms with van der Waals surface area (Å²) in [5.41, 5.74) is 5.88. The van der Waals surface area contributed by atoms with Crippen LogP contribution < -0.4 is 5.73 Å². The number of benzene rings is 2. The number of hydrogen-bond acceptors (Lipinski definition) is 2. The maximum Gasteiger partial charge on any atom is 0.142 e. The van der Waals surface area contributed by atoms with Crippen LogP contribution >= 0.6 is 23.2 Å². The number of aliphatic hydroxyl groups excluding tert-OH is 1. The lowest BCUT2D eigenvalue weighted by Crippen LogP contribution is -2.22. The highest BCUT2D eigenvalue weighted by Crippen LogP contribution is 2.38. The van der Waals surface area contributed by atoms with Gasteiger partial charge >= 0.3 is 0 Å². The molecule has 0 aliphatic carbocycles. The maximum absolute atomic E-state index is 14.0. The molecule has 0 aliphatic heterocycles. The molecule has 0 saturated carbocycles. The molecule has 2 aromatic carbocycles. The topological polar surface area (TPSA) is 46.2 Å². The van der Waals surface area contributed by atoms with Gasteiger partial charge in [-0.05, 0) is 18.2 Å². The molecule has 6 heteroatoms. The molecule has 0 amide bonds. The van der Waals surface area contributed by atoms with E-state index in [0.717, 1.165) is 0 Å². The predicted molar refractivity (Wildman–Crippen MR) is 79.6 cm³/mol. The van der Waals surface area contributed by atoms with Crippen molar-refractivity contribution in [2.45, 2.75) is 12.0 Å². The van der Waals surface area contributed by atoms with Crippen LogP contribution in [0, 0.1) is 11.6 Å². The Bertz CT molecular complexity index is 631. The van der Waals surface area contributed by atoms with Gasteiger partial charge in [-0.3, -0.25) is 0 Å². The average molecular weight is 332 g/mol. The number of nitrogens with two attached hydrogens (primary N) is 1. The molecule has 0 saturated heterocycles. The minimum Gasteiger partial charge on any atom is -0.388 e. The normalized spacial score (nSPS) is 14.0. The Morgan fingerprint density at radius 2 is 1.67 bits per heavy atom. The van der Waals surface area contributed by atoms with Crippen LogP contribution in [0.5, 0.6) is 0 Å². The van der Waals surface area contributed by atoms with Crippen LogP contribution in [-0.4, -0.2) is 11.7 Å². The number of halogens is 4. The van der Waals surface area contributed by atoms with Gasteiger partial charge in [0, 0.05) is 28.6 Å². The van der Waals surface area contributed by atoms with E-state index < -0.39 is 23.7 Å². The molecule has 2 unspecified atom stereocenters. The first-order valence-corrected chi connectivity index (χ1v) is 6.99. The lowest BCUT2D eigenvalue weighted by molar-refractivity contribution is 0.145. The summed E-state index contributed by atoms with van der Waals surface area (Å²) in [6, 6.07) is 8.23. The zero-order chi connectivity index (χ0) is 15.6. The van der Waals surface area contributed by atoms with Gasteiger partial charge in [0.25, 0.3) is 0 Å². The first-order chi connectivity index (χ1) is 9.97. The molecule has 0 heterocycles. The van der Waals surface area contributed by atoms with Crippen molar-refractivity contribution >= 4 is 23.2 Å². The summed E-state index contributed by atoms with van der Waals surface area (Å²) in [7, 11) is 0. The van der Waals surface area contributed by atoms with Crippen LogP contribution in [0.3, 0.4) is 0 Å². The van der Waals surface area contributed by atoms with E-state index in [1.807, 2.05) is 0 Å². The number of hydrogen-bond donors (Lipinski definition) is 2. The van der Waals surface area contributed by atoms with Gasteiger partial charge in [0.05, 0.1) is 11.1 Å². The molecule has 0 spiro atoms. The van der Waals surface area contributed by atoms with Gasteiger partial charge in [-0.2, -0.15) is 0 Å². The third-order valence-electron chi connectivity index (χ3n) is 3.31. The van der Waals surface area contributed by atoms with Crippen molar-refractivity contribution in [3.63, 3.8) is 0 Å². The van der Waals surface area contributed by atoms with E-state index in [1.54, 1.807) is 0 Å². The Morgan fingerprint density at radius 3 is 2.29 bits per heavy atom. The first-order valence-electron chi connectivity index (χ1n) is 6.23. The van der Waals surface area contributed by atoms with E-state index in [1.165, 1.54) is 36.4 Å². The molecule has 0 radical (unpaired) electrons. The maximum atomic E-state index is 14.0. The molecule has 0 aromatic heterocycles. The minimum atomic E-state index is -1.27. The molecule has 0 fully saturated rings. The molecule has 21 heavy (non-hydrogen) atoms. The summed E-state index contributed by atoms with van der Waals surface area (Å²) in [4.78, 5) is 0. The Kier molecular flexibility index (Phi) is 5.17. The minimum absolute atomic E-state index is 0.0747. The molecular formula is C15H13Cl2F2NO.